The highest BCUT2D eigenvalue weighted by molar-refractivity contribution is 5.94. The highest BCUT2D eigenvalue weighted by Crippen LogP contribution is 2.28. The van der Waals surface area contributed by atoms with Crippen molar-refractivity contribution in [2.75, 3.05) is 32.1 Å². The smallest absolute Gasteiger partial charge is 0.276 e. The standard InChI is InChI=1S/C21H23N5O2/c1-25(2)17-8-6-16(7-9-17)21(27)26-13-10-15(11-14-26)19-23-20(28-24-19)18-5-3-4-12-22-18/h3-9,12,15H,10-11,13-14H2,1-2H3. The van der Waals surface area contributed by atoms with Crippen LogP contribution in [0.5, 0.6) is 0 Å². The third kappa shape index (κ3) is 3.74. The first kappa shape index (κ1) is 18.2. The Labute approximate surface area is 164 Å². The lowest BCUT2D eigenvalue weighted by atomic mass is 9.95. The van der Waals surface area contributed by atoms with E-state index in [2.05, 4.69) is 15.1 Å². The summed E-state index contributed by atoms with van der Waals surface area (Å²) in [4.78, 5) is 25.4. The highest BCUT2D eigenvalue weighted by atomic mass is 16.5. The van der Waals surface area contributed by atoms with Crippen LogP contribution in [0.15, 0.2) is 53.2 Å². The third-order valence-electron chi connectivity index (χ3n) is 5.10. The first-order chi connectivity index (χ1) is 13.6. The van der Waals surface area contributed by atoms with Gasteiger partial charge in [0.1, 0.15) is 5.69 Å². The van der Waals surface area contributed by atoms with Crippen molar-refractivity contribution >= 4 is 11.6 Å². The van der Waals surface area contributed by atoms with Gasteiger partial charge in [0.25, 0.3) is 11.8 Å². The monoisotopic (exact) mass is 377 g/mol. The summed E-state index contributed by atoms with van der Waals surface area (Å²) in [6.45, 7) is 1.37. The Morgan fingerprint density at radius 2 is 1.86 bits per heavy atom. The summed E-state index contributed by atoms with van der Waals surface area (Å²) in [5, 5.41) is 4.14. The van der Waals surface area contributed by atoms with E-state index < -0.39 is 0 Å². The topological polar surface area (TPSA) is 75.4 Å². The molecule has 3 heterocycles. The van der Waals surface area contributed by atoms with E-state index in [-0.39, 0.29) is 11.8 Å². The molecule has 2 aromatic heterocycles. The van der Waals surface area contributed by atoms with Crippen molar-refractivity contribution < 1.29 is 9.32 Å². The Hall–Kier alpha value is -3.22. The number of nitrogens with zero attached hydrogens (tertiary/aromatic N) is 5. The minimum atomic E-state index is 0.0750. The zero-order valence-corrected chi connectivity index (χ0v) is 16.1. The summed E-state index contributed by atoms with van der Waals surface area (Å²) in [6, 6.07) is 13.3. The maximum atomic E-state index is 12.8. The molecule has 1 fully saturated rings. The number of likely N-dealkylation sites (tertiary alicyclic amines) is 1. The van der Waals surface area contributed by atoms with Gasteiger partial charge in [-0.15, -0.1) is 0 Å². The first-order valence-electron chi connectivity index (χ1n) is 9.43. The number of hydrogen-bond acceptors (Lipinski definition) is 6. The van der Waals surface area contributed by atoms with Crippen molar-refractivity contribution in [2.24, 2.45) is 0 Å². The van der Waals surface area contributed by atoms with E-state index in [0.29, 0.717) is 30.5 Å². The number of amides is 1. The van der Waals surface area contributed by atoms with Gasteiger partial charge in [0.05, 0.1) is 0 Å². The Morgan fingerprint density at radius 3 is 2.50 bits per heavy atom. The second-order valence-corrected chi connectivity index (χ2v) is 7.18. The van der Waals surface area contributed by atoms with E-state index in [0.717, 1.165) is 24.1 Å². The number of anilines is 1. The predicted molar refractivity (Wildman–Crippen MR) is 106 cm³/mol. The van der Waals surface area contributed by atoms with Crippen molar-refractivity contribution in [2.45, 2.75) is 18.8 Å². The fraction of sp³-hybridized carbons (Fsp3) is 0.333. The summed E-state index contributed by atoms with van der Waals surface area (Å²) >= 11 is 0. The number of rotatable bonds is 4. The van der Waals surface area contributed by atoms with Gasteiger partial charge < -0.3 is 14.3 Å². The van der Waals surface area contributed by atoms with Crippen LogP contribution in [0.3, 0.4) is 0 Å². The van der Waals surface area contributed by atoms with Crippen molar-refractivity contribution in [3.8, 4) is 11.6 Å². The van der Waals surface area contributed by atoms with Gasteiger partial charge in [-0.2, -0.15) is 4.98 Å². The lowest BCUT2D eigenvalue weighted by molar-refractivity contribution is 0.0710. The van der Waals surface area contributed by atoms with Crippen LogP contribution in [-0.4, -0.2) is 53.1 Å². The molecule has 0 spiro atoms. The van der Waals surface area contributed by atoms with Gasteiger partial charge in [-0.3, -0.25) is 9.78 Å². The van der Waals surface area contributed by atoms with E-state index in [1.54, 1.807) is 6.20 Å². The molecule has 3 aromatic rings. The van der Waals surface area contributed by atoms with E-state index in [1.807, 2.05) is 66.4 Å². The van der Waals surface area contributed by atoms with Crippen LogP contribution in [0.1, 0.15) is 34.9 Å². The fourth-order valence-corrected chi connectivity index (χ4v) is 3.42. The fourth-order valence-electron chi connectivity index (χ4n) is 3.42. The number of piperidine rings is 1. The SMILES string of the molecule is CN(C)c1ccc(C(=O)N2CCC(c3noc(-c4ccccn4)n3)CC2)cc1. The molecule has 0 unspecified atom stereocenters. The lowest BCUT2D eigenvalue weighted by Gasteiger charge is -2.30. The second-order valence-electron chi connectivity index (χ2n) is 7.18. The number of carbonyl (C=O) groups is 1. The van der Waals surface area contributed by atoms with Crippen LogP contribution in [-0.2, 0) is 0 Å². The number of carbonyl (C=O) groups excluding carboxylic acids is 1. The molecule has 1 amide bonds. The Bertz CT molecular complexity index is 929. The zero-order valence-electron chi connectivity index (χ0n) is 16.1. The molecule has 0 saturated carbocycles. The number of benzene rings is 1. The summed E-state index contributed by atoms with van der Waals surface area (Å²) in [5.41, 5.74) is 2.48. The maximum Gasteiger partial charge on any atom is 0.276 e. The Morgan fingerprint density at radius 1 is 1.11 bits per heavy atom. The van der Waals surface area contributed by atoms with Crippen LogP contribution in [0, 0.1) is 0 Å². The van der Waals surface area contributed by atoms with Crippen LogP contribution in [0.4, 0.5) is 5.69 Å². The molecule has 1 saturated heterocycles. The normalized spacial score (nSPS) is 14.9. The highest BCUT2D eigenvalue weighted by Gasteiger charge is 2.27. The van der Waals surface area contributed by atoms with Gasteiger partial charge in [-0.25, -0.2) is 0 Å². The average molecular weight is 377 g/mol. The zero-order chi connectivity index (χ0) is 19.5. The molecule has 144 valence electrons. The van der Waals surface area contributed by atoms with E-state index >= 15 is 0 Å². The molecule has 1 aromatic carbocycles. The summed E-state index contributed by atoms with van der Waals surface area (Å²) in [5.74, 6) is 1.41. The largest absolute Gasteiger partial charge is 0.378 e. The van der Waals surface area contributed by atoms with Gasteiger partial charge in [0.2, 0.25) is 0 Å². The number of hydrogen-bond donors (Lipinski definition) is 0. The van der Waals surface area contributed by atoms with Gasteiger partial charge in [-0.05, 0) is 49.2 Å². The van der Waals surface area contributed by atoms with Gasteiger partial charge >= 0.3 is 0 Å². The lowest BCUT2D eigenvalue weighted by Crippen LogP contribution is -2.38. The van der Waals surface area contributed by atoms with Crippen LogP contribution < -0.4 is 4.90 Å². The molecule has 0 aliphatic carbocycles. The van der Waals surface area contributed by atoms with Crippen LogP contribution >= 0.6 is 0 Å². The third-order valence-corrected chi connectivity index (χ3v) is 5.10. The van der Waals surface area contributed by atoms with Gasteiger partial charge in [-0.1, -0.05) is 11.2 Å². The minimum Gasteiger partial charge on any atom is -0.378 e. The molecule has 0 atom stereocenters. The molecule has 28 heavy (non-hydrogen) atoms. The van der Waals surface area contributed by atoms with Crippen molar-refractivity contribution in [3.05, 3.63) is 60.0 Å². The summed E-state index contributed by atoms with van der Waals surface area (Å²) in [7, 11) is 3.97. The number of pyridine rings is 1. The molecule has 0 N–H and O–H groups in total. The van der Waals surface area contributed by atoms with E-state index in [4.69, 9.17) is 4.52 Å². The van der Waals surface area contributed by atoms with Crippen LogP contribution in [0.2, 0.25) is 0 Å². The van der Waals surface area contributed by atoms with Crippen molar-refractivity contribution in [3.63, 3.8) is 0 Å². The second kappa shape index (κ2) is 7.80. The molecular weight excluding hydrogens is 354 g/mol. The molecule has 0 radical (unpaired) electrons. The van der Waals surface area contributed by atoms with Gasteiger partial charge in [0, 0.05) is 50.6 Å². The molecule has 4 rings (SSSR count). The quantitative estimate of drug-likeness (QED) is 0.695. The van der Waals surface area contributed by atoms with Crippen molar-refractivity contribution in [1.82, 2.24) is 20.0 Å². The summed E-state index contributed by atoms with van der Waals surface area (Å²) in [6.07, 6.45) is 3.35. The molecular formula is C21H23N5O2. The Balaban J connectivity index is 1.38. The molecule has 1 aliphatic rings. The van der Waals surface area contributed by atoms with Gasteiger partial charge in [0.15, 0.2) is 5.82 Å². The molecule has 1 aliphatic heterocycles. The minimum absolute atomic E-state index is 0.0750. The molecule has 7 heteroatoms. The molecule has 0 bridgehead atoms. The first-order valence-corrected chi connectivity index (χ1v) is 9.43. The predicted octanol–water partition coefficient (Wildman–Crippen LogP) is 3.22. The van der Waals surface area contributed by atoms with E-state index in [9.17, 15) is 4.79 Å². The van der Waals surface area contributed by atoms with Crippen molar-refractivity contribution in [1.29, 1.82) is 0 Å². The van der Waals surface area contributed by atoms with Crippen LogP contribution in [0.25, 0.3) is 11.6 Å². The molecule has 7 nitrogen and oxygen atoms in total. The Kier molecular flexibility index (Phi) is 5.06. The number of aromatic nitrogens is 3. The van der Waals surface area contributed by atoms with E-state index in [1.165, 1.54) is 0 Å². The average Bonchev–Trinajstić information content (AvgIpc) is 3.24. The summed E-state index contributed by atoms with van der Waals surface area (Å²) < 4.78 is 5.37. The maximum absolute atomic E-state index is 12.8.